The lowest BCUT2D eigenvalue weighted by atomic mass is 9.85. The Labute approximate surface area is 83.7 Å². The Morgan fingerprint density at radius 1 is 1.54 bits per heavy atom. The van der Waals surface area contributed by atoms with Gasteiger partial charge in [0.2, 0.25) is 0 Å². The molecule has 1 atom stereocenters. The summed E-state index contributed by atoms with van der Waals surface area (Å²) in [5, 5.41) is 7.01. The van der Waals surface area contributed by atoms with E-state index in [2.05, 4.69) is 15.2 Å². The molecule has 1 aliphatic rings. The summed E-state index contributed by atoms with van der Waals surface area (Å²) in [6, 6.07) is -0.0601. The molecule has 1 fully saturated rings. The number of nitrogens with one attached hydrogen (secondary N) is 1. The van der Waals surface area contributed by atoms with E-state index in [-0.39, 0.29) is 18.4 Å². The summed E-state index contributed by atoms with van der Waals surface area (Å²) >= 11 is 0. The van der Waals surface area contributed by atoms with E-state index in [9.17, 15) is 0 Å². The second-order valence-corrected chi connectivity index (χ2v) is 3.50. The number of aromatic nitrogens is 3. The van der Waals surface area contributed by atoms with Crippen molar-refractivity contribution in [3.8, 4) is 0 Å². The molecule has 1 heterocycles. The van der Waals surface area contributed by atoms with Crippen LogP contribution in [0, 0.1) is 0 Å². The van der Waals surface area contributed by atoms with Gasteiger partial charge in [-0.2, -0.15) is 5.10 Å². The second kappa shape index (κ2) is 4.07. The molecule has 5 heteroatoms. The Bertz CT molecular complexity index is 267. The van der Waals surface area contributed by atoms with Gasteiger partial charge in [0, 0.05) is 5.92 Å². The lowest BCUT2D eigenvalue weighted by Crippen LogP contribution is -2.11. The summed E-state index contributed by atoms with van der Waals surface area (Å²) in [5.41, 5.74) is 5.64. The van der Waals surface area contributed by atoms with Crippen molar-refractivity contribution in [2.75, 3.05) is 0 Å². The molecule has 0 bridgehead atoms. The van der Waals surface area contributed by atoms with Gasteiger partial charge < -0.3 is 5.73 Å². The average Bonchev–Trinajstić information content (AvgIpc) is 2.32. The number of hydrogen-bond acceptors (Lipinski definition) is 3. The Morgan fingerprint density at radius 3 is 2.62 bits per heavy atom. The minimum absolute atomic E-state index is 0. The van der Waals surface area contributed by atoms with E-state index in [1.807, 2.05) is 6.92 Å². The minimum Gasteiger partial charge on any atom is -0.321 e. The first-order valence-corrected chi connectivity index (χ1v) is 4.45. The van der Waals surface area contributed by atoms with Gasteiger partial charge in [-0.25, -0.2) is 4.98 Å². The molecule has 1 saturated carbocycles. The molecule has 0 spiro atoms. The maximum absolute atomic E-state index is 5.64. The quantitative estimate of drug-likeness (QED) is 0.764. The lowest BCUT2D eigenvalue weighted by Gasteiger charge is -2.22. The van der Waals surface area contributed by atoms with E-state index in [1.165, 1.54) is 19.3 Å². The highest BCUT2D eigenvalue weighted by Crippen LogP contribution is 2.34. The SMILES string of the molecule is C[C@@H](N)c1n[nH]c(C2CCC2)n1.Cl. The Hall–Kier alpha value is -0.610. The van der Waals surface area contributed by atoms with Crippen molar-refractivity contribution < 1.29 is 0 Å². The molecule has 1 aliphatic carbocycles. The van der Waals surface area contributed by atoms with Crippen LogP contribution in [0.5, 0.6) is 0 Å². The normalized spacial score (nSPS) is 18.9. The highest BCUT2D eigenvalue weighted by atomic mass is 35.5. The van der Waals surface area contributed by atoms with Crippen LogP contribution in [-0.4, -0.2) is 15.2 Å². The maximum Gasteiger partial charge on any atom is 0.167 e. The molecule has 0 aliphatic heterocycles. The van der Waals surface area contributed by atoms with Crippen LogP contribution in [-0.2, 0) is 0 Å². The first kappa shape index (κ1) is 10.5. The molecule has 4 nitrogen and oxygen atoms in total. The number of nitrogens with two attached hydrogens (primary N) is 1. The number of halogens is 1. The van der Waals surface area contributed by atoms with E-state index < -0.39 is 0 Å². The van der Waals surface area contributed by atoms with E-state index in [4.69, 9.17) is 5.73 Å². The Kier molecular flexibility index (Phi) is 3.27. The van der Waals surface area contributed by atoms with Crippen LogP contribution in [0.25, 0.3) is 0 Å². The third-order valence-electron chi connectivity index (χ3n) is 2.42. The fourth-order valence-electron chi connectivity index (χ4n) is 1.36. The number of hydrogen-bond donors (Lipinski definition) is 2. The molecule has 0 aromatic carbocycles. The van der Waals surface area contributed by atoms with Gasteiger partial charge in [0.05, 0.1) is 6.04 Å². The summed E-state index contributed by atoms with van der Waals surface area (Å²) in [7, 11) is 0. The summed E-state index contributed by atoms with van der Waals surface area (Å²) in [5.74, 6) is 2.37. The van der Waals surface area contributed by atoms with Crippen molar-refractivity contribution in [3.63, 3.8) is 0 Å². The topological polar surface area (TPSA) is 67.6 Å². The zero-order valence-corrected chi connectivity index (χ0v) is 8.47. The van der Waals surface area contributed by atoms with E-state index in [1.54, 1.807) is 0 Å². The van der Waals surface area contributed by atoms with Crippen molar-refractivity contribution in [2.45, 2.75) is 38.1 Å². The smallest absolute Gasteiger partial charge is 0.167 e. The van der Waals surface area contributed by atoms with Gasteiger partial charge in [0.15, 0.2) is 5.82 Å². The molecule has 0 saturated heterocycles. The van der Waals surface area contributed by atoms with Crippen LogP contribution in [0.15, 0.2) is 0 Å². The van der Waals surface area contributed by atoms with Gasteiger partial charge in [-0.15, -0.1) is 12.4 Å². The van der Waals surface area contributed by atoms with Gasteiger partial charge in [-0.1, -0.05) is 6.42 Å². The van der Waals surface area contributed by atoms with Gasteiger partial charge in [-0.3, -0.25) is 5.10 Å². The van der Waals surface area contributed by atoms with Crippen LogP contribution in [0.3, 0.4) is 0 Å². The van der Waals surface area contributed by atoms with Crippen LogP contribution >= 0.6 is 12.4 Å². The van der Waals surface area contributed by atoms with E-state index in [0.717, 1.165) is 11.6 Å². The van der Waals surface area contributed by atoms with Crippen LogP contribution in [0.2, 0.25) is 0 Å². The van der Waals surface area contributed by atoms with Gasteiger partial charge >= 0.3 is 0 Å². The standard InChI is InChI=1S/C8H14N4.ClH/c1-5(9)7-10-8(12-11-7)6-3-2-4-6;/h5-6H,2-4,9H2,1H3,(H,10,11,12);1H/t5-;/m1./s1. The molecule has 0 amide bonds. The van der Waals surface area contributed by atoms with E-state index >= 15 is 0 Å². The van der Waals surface area contributed by atoms with Crippen molar-refractivity contribution in [3.05, 3.63) is 11.6 Å². The fourth-order valence-corrected chi connectivity index (χ4v) is 1.36. The zero-order chi connectivity index (χ0) is 8.55. The van der Waals surface area contributed by atoms with Gasteiger partial charge in [0.25, 0.3) is 0 Å². The molecular formula is C8H15ClN4. The molecule has 0 radical (unpaired) electrons. The summed E-state index contributed by atoms with van der Waals surface area (Å²) in [6.07, 6.45) is 3.81. The number of rotatable bonds is 2. The molecular weight excluding hydrogens is 188 g/mol. The van der Waals surface area contributed by atoms with Crippen LogP contribution in [0.4, 0.5) is 0 Å². The predicted octanol–water partition coefficient (Wildman–Crippen LogP) is 1.51. The Morgan fingerprint density at radius 2 is 2.23 bits per heavy atom. The van der Waals surface area contributed by atoms with E-state index in [0.29, 0.717) is 5.92 Å². The van der Waals surface area contributed by atoms with Crippen molar-refractivity contribution in [1.82, 2.24) is 15.2 Å². The largest absolute Gasteiger partial charge is 0.321 e. The van der Waals surface area contributed by atoms with Crippen molar-refractivity contribution in [1.29, 1.82) is 0 Å². The molecule has 1 aromatic heterocycles. The first-order chi connectivity index (χ1) is 5.77. The van der Waals surface area contributed by atoms with Crippen LogP contribution < -0.4 is 5.73 Å². The lowest BCUT2D eigenvalue weighted by molar-refractivity contribution is 0.402. The highest BCUT2D eigenvalue weighted by Gasteiger charge is 2.23. The molecule has 13 heavy (non-hydrogen) atoms. The highest BCUT2D eigenvalue weighted by molar-refractivity contribution is 5.85. The molecule has 1 aromatic rings. The average molecular weight is 203 g/mol. The molecule has 2 rings (SSSR count). The third-order valence-corrected chi connectivity index (χ3v) is 2.42. The minimum atomic E-state index is -0.0601. The number of aromatic amines is 1. The summed E-state index contributed by atoms with van der Waals surface area (Å²) in [4.78, 5) is 4.34. The number of H-pyrrole nitrogens is 1. The van der Waals surface area contributed by atoms with Gasteiger partial charge in [0.1, 0.15) is 5.82 Å². The summed E-state index contributed by atoms with van der Waals surface area (Å²) in [6.45, 7) is 1.90. The fraction of sp³-hybridized carbons (Fsp3) is 0.750. The molecule has 0 unspecified atom stereocenters. The third kappa shape index (κ3) is 2.00. The van der Waals surface area contributed by atoms with Crippen LogP contribution in [0.1, 0.15) is 49.8 Å². The van der Waals surface area contributed by atoms with Crippen molar-refractivity contribution >= 4 is 12.4 Å². The first-order valence-electron chi connectivity index (χ1n) is 4.45. The molecule has 3 N–H and O–H groups in total. The van der Waals surface area contributed by atoms with Gasteiger partial charge in [-0.05, 0) is 19.8 Å². The predicted molar refractivity (Wildman–Crippen MR) is 52.8 cm³/mol. The monoisotopic (exact) mass is 202 g/mol. The van der Waals surface area contributed by atoms with Crippen molar-refractivity contribution in [2.24, 2.45) is 5.73 Å². The summed E-state index contributed by atoms with van der Waals surface area (Å²) < 4.78 is 0. The Balaban J connectivity index is 0.000000845. The number of nitrogens with zero attached hydrogens (tertiary/aromatic N) is 2. The maximum atomic E-state index is 5.64. The zero-order valence-electron chi connectivity index (χ0n) is 7.66. The molecule has 74 valence electrons. The second-order valence-electron chi connectivity index (χ2n) is 3.50.